The van der Waals surface area contributed by atoms with E-state index >= 15 is 0 Å². The van der Waals surface area contributed by atoms with Crippen molar-refractivity contribution in [2.75, 3.05) is 0 Å². The van der Waals surface area contributed by atoms with Gasteiger partial charge in [0.25, 0.3) is 0 Å². The zero-order chi connectivity index (χ0) is 13.1. The number of halogens is 1. The van der Waals surface area contributed by atoms with Crippen molar-refractivity contribution < 1.29 is 4.74 Å². The molecule has 0 radical (unpaired) electrons. The van der Waals surface area contributed by atoms with E-state index in [0.717, 1.165) is 36.0 Å². The molecule has 1 fully saturated rings. The molecule has 0 amide bonds. The molecule has 3 unspecified atom stereocenters. The van der Waals surface area contributed by atoms with E-state index in [-0.39, 0.29) is 0 Å². The van der Waals surface area contributed by atoms with E-state index in [1.807, 2.05) is 18.2 Å². The monoisotopic (exact) mass is 267 g/mol. The highest BCUT2D eigenvalue weighted by Gasteiger charge is 2.25. The molecule has 0 bridgehead atoms. The van der Waals surface area contributed by atoms with E-state index in [2.05, 4.69) is 13.8 Å². The van der Waals surface area contributed by atoms with E-state index in [4.69, 9.17) is 22.1 Å². The maximum Gasteiger partial charge on any atom is 0.121 e. The van der Waals surface area contributed by atoms with Crippen molar-refractivity contribution in [2.45, 2.75) is 45.8 Å². The van der Waals surface area contributed by atoms with Gasteiger partial charge in [0.1, 0.15) is 5.75 Å². The fourth-order valence-electron chi connectivity index (χ4n) is 2.56. The van der Waals surface area contributed by atoms with Crippen LogP contribution < -0.4 is 10.5 Å². The molecule has 18 heavy (non-hydrogen) atoms. The van der Waals surface area contributed by atoms with Gasteiger partial charge in [-0.05, 0) is 48.8 Å². The minimum absolute atomic E-state index is 0.330. The van der Waals surface area contributed by atoms with E-state index in [0.29, 0.717) is 17.7 Å². The first kappa shape index (κ1) is 13.7. The Kier molecular flexibility index (Phi) is 4.52. The van der Waals surface area contributed by atoms with Gasteiger partial charge < -0.3 is 10.5 Å². The highest BCUT2D eigenvalue weighted by molar-refractivity contribution is 6.31. The Morgan fingerprint density at radius 3 is 2.67 bits per heavy atom. The molecular formula is C15H22ClNO. The summed E-state index contributed by atoms with van der Waals surface area (Å²) in [6, 6.07) is 5.80. The molecule has 2 N–H and O–H groups in total. The molecule has 0 heterocycles. The summed E-state index contributed by atoms with van der Waals surface area (Å²) >= 11 is 6.14. The number of hydrogen-bond acceptors (Lipinski definition) is 2. The molecule has 0 aromatic heterocycles. The van der Waals surface area contributed by atoms with Gasteiger partial charge in [-0.2, -0.15) is 0 Å². The second-order valence-electron chi connectivity index (χ2n) is 5.46. The lowest BCUT2D eigenvalue weighted by molar-refractivity contribution is 0.101. The summed E-state index contributed by atoms with van der Waals surface area (Å²) in [4.78, 5) is 0. The Bertz CT molecular complexity index is 407. The average Bonchev–Trinajstić information content (AvgIpc) is 2.34. The quantitative estimate of drug-likeness (QED) is 0.898. The van der Waals surface area contributed by atoms with Crippen molar-refractivity contribution in [1.29, 1.82) is 0 Å². The predicted molar refractivity (Wildman–Crippen MR) is 75.9 cm³/mol. The van der Waals surface area contributed by atoms with Gasteiger partial charge in [0.05, 0.1) is 6.10 Å². The van der Waals surface area contributed by atoms with Crippen LogP contribution in [0.2, 0.25) is 5.02 Å². The first-order valence-electron chi connectivity index (χ1n) is 6.75. The SMILES string of the molecule is CC1CCC(Oc2ccc(CN)c(Cl)c2)CC1C. The second-order valence-corrected chi connectivity index (χ2v) is 5.87. The Morgan fingerprint density at radius 2 is 2.06 bits per heavy atom. The lowest BCUT2D eigenvalue weighted by Crippen LogP contribution is -2.28. The molecule has 100 valence electrons. The predicted octanol–water partition coefficient (Wildman–Crippen LogP) is 4.00. The summed E-state index contributed by atoms with van der Waals surface area (Å²) < 4.78 is 6.03. The van der Waals surface area contributed by atoms with Gasteiger partial charge in [0.15, 0.2) is 0 Å². The minimum atomic E-state index is 0.330. The summed E-state index contributed by atoms with van der Waals surface area (Å²) in [6.07, 6.45) is 3.86. The van der Waals surface area contributed by atoms with Gasteiger partial charge in [-0.15, -0.1) is 0 Å². The van der Waals surface area contributed by atoms with E-state index < -0.39 is 0 Å². The van der Waals surface area contributed by atoms with Crippen LogP contribution in [0.4, 0.5) is 0 Å². The molecule has 2 nitrogen and oxygen atoms in total. The van der Waals surface area contributed by atoms with Crippen LogP contribution in [0.5, 0.6) is 5.75 Å². The van der Waals surface area contributed by atoms with Gasteiger partial charge in [-0.1, -0.05) is 31.5 Å². The van der Waals surface area contributed by atoms with Crippen LogP contribution in [0, 0.1) is 11.8 Å². The summed E-state index contributed by atoms with van der Waals surface area (Å²) in [6.45, 7) is 5.11. The van der Waals surface area contributed by atoms with Crippen molar-refractivity contribution in [3.63, 3.8) is 0 Å². The number of benzene rings is 1. The molecule has 1 aromatic rings. The fourth-order valence-corrected chi connectivity index (χ4v) is 2.81. The summed E-state index contributed by atoms with van der Waals surface area (Å²) in [5.74, 6) is 2.42. The third kappa shape index (κ3) is 3.18. The standard InChI is InChI=1S/C15H22ClNO/c1-10-3-5-13(7-11(10)2)18-14-6-4-12(9-17)15(16)8-14/h4,6,8,10-11,13H,3,5,7,9,17H2,1-2H3. The van der Waals surface area contributed by atoms with Crippen molar-refractivity contribution in [1.82, 2.24) is 0 Å². The zero-order valence-corrected chi connectivity index (χ0v) is 11.9. The third-order valence-electron chi connectivity index (χ3n) is 4.10. The Balaban J connectivity index is 1.99. The minimum Gasteiger partial charge on any atom is -0.490 e. The van der Waals surface area contributed by atoms with Crippen molar-refractivity contribution >= 4 is 11.6 Å². The number of hydrogen-bond donors (Lipinski definition) is 1. The number of nitrogens with two attached hydrogens (primary N) is 1. The fraction of sp³-hybridized carbons (Fsp3) is 0.600. The van der Waals surface area contributed by atoms with E-state index in [9.17, 15) is 0 Å². The molecule has 3 atom stereocenters. The maximum atomic E-state index is 6.14. The lowest BCUT2D eigenvalue weighted by atomic mass is 9.80. The molecule has 1 aromatic carbocycles. The van der Waals surface area contributed by atoms with E-state index in [1.54, 1.807) is 0 Å². The zero-order valence-electron chi connectivity index (χ0n) is 11.2. The van der Waals surface area contributed by atoms with Gasteiger partial charge in [-0.25, -0.2) is 0 Å². The van der Waals surface area contributed by atoms with Crippen LogP contribution in [-0.4, -0.2) is 6.10 Å². The number of ether oxygens (including phenoxy) is 1. The normalized spacial score (nSPS) is 28.1. The Hall–Kier alpha value is -0.730. The molecular weight excluding hydrogens is 246 g/mol. The van der Waals surface area contributed by atoms with Crippen LogP contribution in [0.25, 0.3) is 0 Å². The Labute approximate surface area is 114 Å². The first-order valence-corrected chi connectivity index (χ1v) is 7.13. The molecule has 1 aliphatic carbocycles. The van der Waals surface area contributed by atoms with Crippen LogP contribution in [0.3, 0.4) is 0 Å². The van der Waals surface area contributed by atoms with Crippen molar-refractivity contribution in [3.05, 3.63) is 28.8 Å². The van der Waals surface area contributed by atoms with Crippen LogP contribution in [0.1, 0.15) is 38.7 Å². The van der Waals surface area contributed by atoms with Gasteiger partial charge in [0.2, 0.25) is 0 Å². The highest BCUT2D eigenvalue weighted by atomic mass is 35.5. The van der Waals surface area contributed by atoms with Crippen LogP contribution in [-0.2, 0) is 6.54 Å². The maximum absolute atomic E-state index is 6.14. The van der Waals surface area contributed by atoms with Crippen molar-refractivity contribution in [2.24, 2.45) is 17.6 Å². The molecule has 3 heteroatoms. The second kappa shape index (κ2) is 5.94. The van der Waals surface area contributed by atoms with Crippen LogP contribution in [0.15, 0.2) is 18.2 Å². The largest absolute Gasteiger partial charge is 0.490 e. The molecule has 0 saturated heterocycles. The molecule has 0 aliphatic heterocycles. The number of rotatable bonds is 3. The summed E-state index contributed by atoms with van der Waals surface area (Å²) in [7, 11) is 0. The highest BCUT2D eigenvalue weighted by Crippen LogP contribution is 2.32. The first-order chi connectivity index (χ1) is 8.60. The van der Waals surface area contributed by atoms with Crippen molar-refractivity contribution in [3.8, 4) is 5.75 Å². The molecule has 1 saturated carbocycles. The lowest BCUT2D eigenvalue weighted by Gasteiger charge is -2.32. The molecule has 2 rings (SSSR count). The summed E-state index contributed by atoms with van der Waals surface area (Å²) in [5.41, 5.74) is 6.56. The third-order valence-corrected chi connectivity index (χ3v) is 4.45. The van der Waals surface area contributed by atoms with Crippen LogP contribution >= 0.6 is 11.6 Å². The average molecular weight is 268 g/mol. The Morgan fingerprint density at radius 1 is 1.28 bits per heavy atom. The van der Waals surface area contributed by atoms with Gasteiger partial charge in [0, 0.05) is 11.6 Å². The molecule has 1 aliphatic rings. The topological polar surface area (TPSA) is 35.2 Å². The summed E-state index contributed by atoms with van der Waals surface area (Å²) in [5, 5.41) is 0.701. The van der Waals surface area contributed by atoms with Gasteiger partial charge >= 0.3 is 0 Å². The van der Waals surface area contributed by atoms with Gasteiger partial charge in [-0.3, -0.25) is 0 Å². The van der Waals surface area contributed by atoms with E-state index in [1.165, 1.54) is 6.42 Å². The molecule has 0 spiro atoms. The smallest absolute Gasteiger partial charge is 0.121 e.